The van der Waals surface area contributed by atoms with E-state index >= 15 is 0 Å². The molecule has 0 N–H and O–H groups in total. The molecule has 0 amide bonds. The summed E-state index contributed by atoms with van der Waals surface area (Å²) in [7, 11) is 0. The van der Waals surface area contributed by atoms with Gasteiger partial charge >= 0.3 is 70.3 Å². The van der Waals surface area contributed by atoms with Crippen molar-refractivity contribution in [1.82, 2.24) is 0 Å². The fraction of sp³-hybridized carbons (Fsp3) is 0.294. The number of aryl methyl sites for hydroxylation is 1. The molecular weight excluding hydrogens is 571 g/mol. The summed E-state index contributed by atoms with van der Waals surface area (Å²) in [5.74, 6) is 0. The van der Waals surface area contributed by atoms with E-state index in [1.165, 1.54) is 68.7 Å². The molecule has 3 heteroatoms. The van der Waals surface area contributed by atoms with E-state index in [0.29, 0.717) is 0 Å². The van der Waals surface area contributed by atoms with Crippen molar-refractivity contribution in [3.8, 4) is 11.1 Å². The summed E-state index contributed by atoms with van der Waals surface area (Å²) in [6.07, 6.45) is 1.03. The number of halogens is 2. The molecule has 0 unspecified atom stereocenters. The summed E-state index contributed by atoms with van der Waals surface area (Å²) in [4.78, 5) is 0. The van der Waals surface area contributed by atoms with Crippen LogP contribution in [0.1, 0.15) is 74.9 Å². The third kappa shape index (κ3) is 9.55. The van der Waals surface area contributed by atoms with E-state index in [1.807, 2.05) is 30.3 Å². The van der Waals surface area contributed by atoms with Crippen LogP contribution in [0, 0.1) is 13.0 Å². The van der Waals surface area contributed by atoms with Crippen molar-refractivity contribution in [2.24, 2.45) is 0 Å². The zero-order chi connectivity index (χ0) is 25.6. The fourth-order valence-electron chi connectivity index (χ4n) is 4.07. The molecule has 1 aliphatic rings. The minimum atomic E-state index is 0. The smallest absolute Gasteiger partial charge is 0.172 e. The van der Waals surface area contributed by atoms with Crippen molar-refractivity contribution in [2.75, 3.05) is 0 Å². The maximum Gasteiger partial charge on any atom is -0.172 e. The van der Waals surface area contributed by atoms with Crippen LogP contribution in [-0.4, -0.2) is 3.71 Å². The van der Waals surface area contributed by atoms with Gasteiger partial charge in [-0.1, -0.05) is 76.3 Å². The van der Waals surface area contributed by atoms with Gasteiger partial charge in [0.25, 0.3) is 0 Å². The maximum atomic E-state index is 3.53. The summed E-state index contributed by atoms with van der Waals surface area (Å²) in [5.41, 5.74) is 11.4. The predicted molar refractivity (Wildman–Crippen MR) is 149 cm³/mol. The Morgan fingerprint density at radius 3 is 1.89 bits per heavy atom. The average Bonchev–Trinajstić information content (AvgIpc) is 3.49. The van der Waals surface area contributed by atoms with Gasteiger partial charge in [0.05, 0.1) is 0 Å². The molecule has 0 bridgehead atoms. The van der Waals surface area contributed by atoms with Crippen LogP contribution >= 0.6 is 0 Å². The summed E-state index contributed by atoms with van der Waals surface area (Å²) in [6, 6.07) is 33.6. The van der Waals surface area contributed by atoms with Crippen LogP contribution in [0.5, 0.6) is 0 Å². The van der Waals surface area contributed by atoms with E-state index in [9.17, 15) is 0 Å². The molecule has 0 saturated heterocycles. The summed E-state index contributed by atoms with van der Waals surface area (Å²) >= 11 is 1.47. The summed E-state index contributed by atoms with van der Waals surface area (Å²) in [5, 5.41) is 0. The maximum absolute atomic E-state index is 3.53. The quantitative estimate of drug-likeness (QED) is 0.257. The Hall–Kier alpha value is -1.66. The number of hydrogen-bond acceptors (Lipinski definition) is 0. The topological polar surface area (TPSA) is 0 Å². The van der Waals surface area contributed by atoms with Crippen molar-refractivity contribution in [2.45, 2.75) is 65.7 Å². The normalized spacial score (nSPS) is 11.3. The summed E-state index contributed by atoms with van der Waals surface area (Å²) in [6.45, 7) is 15.8. The molecule has 0 aliphatic heterocycles. The Labute approximate surface area is 252 Å². The number of rotatable bonds is 1. The first-order valence-electron chi connectivity index (χ1n) is 12.4. The molecule has 0 atom stereocenters. The first-order valence-corrected chi connectivity index (χ1v) is 13.8. The van der Waals surface area contributed by atoms with Crippen LogP contribution in [0.4, 0.5) is 0 Å². The Bertz CT molecular complexity index is 1180. The first kappa shape index (κ1) is 33.4. The Balaban J connectivity index is 0.000000354. The van der Waals surface area contributed by atoms with Crippen molar-refractivity contribution in [3.63, 3.8) is 0 Å². The van der Waals surface area contributed by atoms with E-state index in [1.54, 1.807) is 0 Å². The zero-order valence-electron chi connectivity index (χ0n) is 23.1. The Kier molecular flexibility index (Phi) is 13.1. The Morgan fingerprint density at radius 2 is 1.41 bits per heavy atom. The molecule has 0 heterocycles. The van der Waals surface area contributed by atoms with Gasteiger partial charge in [-0.25, -0.2) is 12.1 Å². The Morgan fingerprint density at radius 1 is 0.784 bits per heavy atom. The third-order valence-corrected chi connectivity index (χ3v) is 7.11. The molecule has 1 aliphatic carbocycles. The molecule has 0 saturated carbocycles. The second-order valence-corrected chi connectivity index (χ2v) is 12.1. The number of benzene rings is 3. The third-order valence-electron chi connectivity index (χ3n) is 6.29. The molecule has 0 fully saturated rings. The molecule has 0 radical (unpaired) electrons. The van der Waals surface area contributed by atoms with Crippen LogP contribution in [0.25, 0.3) is 11.1 Å². The van der Waals surface area contributed by atoms with Crippen molar-refractivity contribution < 1.29 is 49.0 Å². The molecule has 37 heavy (non-hydrogen) atoms. The standard InChI is InChI=1S/C21H25.C8H8.C5H5.2ClH.Zr/c1-20(2,3)16-9-7-14-11-15-8-10-17(21(4,5)6)13-19(15)18(14)12-16;1-7-4-3-5-8(2)6-7;1-2-4-5-3-1;;;/h7,9-10,12-13H,11H2,1-6H3;1,3-6H,2H3;1-5H;2*1H;/q-1;;-1;;;+2/p-2. The van der Waals surface area contributed by atoms with Gasteiger partial charge in [0.2, 0.25) is 0 Å². The second kappa shape index (κ2) is 14.5. The van der Waals surface area contributed by atoms with Crippen molar-refractivity contribution >= 4 is 3.71 Å². The van der Waals surface area contributed by atoms with Crippen LogP contribution in [0.3, 0.4) is 0 Å². The SMILES string of the molecule is CC(C)(C)c1c[c-]c2c(c1)-c1cc(C(C)(C)C)ccc1C2.Cc1cccc([CH]=[Zr+2])c1.[Cl-].[Cl-].c1cc[cH-]c1. The molecule has 4 aromatic rings. The average molecular weight is 609 g/mol. The van der Waals surface area contributed by atoms with Gasteiger partial charge in [0.15, 0.2) is 0 Å². The minimum absolute atomic E-state index is 0. The summed E-state index contributed by atoms with van der Waals surface area (Å²) < 4.78 is 2.19. The van der Waals surface area contributed by atoms with E-state index in [4.69, 9.17) is 0 Å². The second-order valence-electron chi connectivity index (χ2n) is 11.4. The minimum Gasteiger partial charge on any atom is -1.00 e. The molecule has 0 spiro atoms. The molecule has 5 rings (SSSR count). The van der Waals surface area contributed by atoms with Gasteiger partial charge in [0, 0.05) is 0 Å². The van der Waals surface area contributed by atoms with E-state index in [0.717, 1.165) is 6.42 Å². The van der Waals surface area contributed by atoms with Gasteiger partial charge in [0.1, 0.15) is 0 Å². The molecule has 0 nitrogen and oxygen atoms in total. The van der Waals surface area contributed by atoms with Crippen LogP contribution in [0.2, 0.25) is 0 Å². The van der Waals surface area contributed by atoms with Gasteiger partial charge in [-0.05, 0) is 17.4 Å². The fourth-order valence-corrected chi connectivity index (χ4v) is 4.51. The van der Waals surface area contributed by atoms with E-state index in [-0.39, 0.29) is 35.6 Å². The monoisotopic (exact) mass is 606 g/mol. The predicted octanol–water partition coefficient (Wildman–Crippen LogP) is 2.76. The zero-order valence-corrected chi connectivity index (χ0v) is 27.1. The number of hydrogen-bond donors (Lipinski definition) is 0. The first-order chi connectivity index (χ1) is 16.5. The molecule has 0 aromatic heterocycles. The van der Waals surface area contributed by atoms with E-state index in [2.05, 4.69) is 113 Å². The van der Waals surface area contributed by atoms with Crippen molar-refractivity contribution in [1.29, 1.82) is 0 Å². The van der Waals surface area contributed by atoms with Crippen LogP contribution in [-0.2, 0) is 41.5 Å². The van der Waals surface area contributed by atoms with Gasteiger partial charge in [-0.15, -0.1) is 5.56 Å². The van der Waals surface area contributed by atoms with E-state index < -0.39 is 0 Å². The largest absolute Gasteiger partial charge is 1.00 e. The van der Waals surface area contributed by atoms with Gasteiger partial charge in [-0.2, -0.15) is 47.5 Å². The van der Waals surface area contributed by atoms with Crippen LogP contribution < -0.4 is 24.8 Å². The van der Waals surface area contributed by atoms with Gasteiger partial charge < -0.3 is 24.8 Å². The van der Waals surface area contributed by atoms with Gasteiger partial charge in [-0.3, -0.25) is 0 Å². The van der Waals surface area contributed by atoms with Crippen molar-refractivity contribution in [3.05, 3.63) is 124 Å². The molecule has 194 valence electrons. The number of fused-ring (bicyclic) bond motifs is 3. The molecule has 4 aromatic carbocycles. The molecular formula is C34H38Cl2Zr-2. The van der Waals surface area contributed by atoms with Crippen LogP contribution in [0.15, 0.2) is 84.9 Å².